The summed E-state index contributed by atoms with van der Waals surface area (Å²) in [5.41, 5.74) is 5.39. The zero-order chi connectivity index (χ0) is 20.9. The number of benzene rings is 2. The molecule has 0 spiro atoms. The van der Waals surface area contributed by atoms with Gasteiger partial charge < -0.3 is 4.74 Å². The number of carbonyl (C=O) groups is 1. The summed E-state index contributed by atoms with van der Waals surface area (Å²) in [5.74, 6) is -0.0517. The molecule has 0 amide bonds. The van der Waals surface area contributed by atoms with Gasteiger partial charge in [-0.1, -0.05) is 37.8 Å². The first-order valence-electron chi connectivity index (χ1n) is 9.58. The van der Waals surface area contributed by atoms with Gasteiger partial charge in [0.05, 0.1) is 23.6 Å². The highest BCUT2D eigenvalue weighted by Gasteiger charge is 2.19. The number of ether oxygens (including phenoxy) is 1. The number of H-pyrrole nitrogens is 1. The lowest BCUT2D eigenvalue weighted by molar-refractivity contribution is -0.128. The Morgan fingerprint density at radius 3 is 2.80 bits per heavy atom. The van der Waals surface area contributed by atoms with E-state index in [1.807, 2.05) is 30.3 Å². The molecule has 0 radical (unpaired) electrons. The van der Waals surface area contributed by atoms with Gasteiger partial charge in [-0.2, -0.15) is 5.10 Å². The molecule has 6 heteroatoms. The molecule has 0 saturated carbocycles. The van der Waals surface area contributed by atoms with E-state index < -0.39 is 5.97 Å². The Bertz CT molecular complexity index is 1240. The standard InChI is InChI=1S/C24H20N4O2/c1-3-18(21-15-25-11-12-26-21)24(16-9-10-20-17(13-16)14-27-28-20)19-7-5-6-8-22(19)30-23(29)4-2/h4-15H,2-3H2,1H3,(H,27,28)/b24-18+. The van der Waals surface area contributed by atoms with Gasteiger partial charge in [-0.25, -0.2) is 4.79 Å². The topological polar surface area (TPSA) is 80.8 Å². The number of carbonyl (C=O) groups excluding carboxylic acids is 1. The zero-order valence-electron chi connectivity index (χ0n) is 16.5. The van der Waals surface area contributed by atoms with Crippen LogP contribution >= 0.6 is 0 Å². The van der Waals surface area contributed by atoms with E-state index in [4.69, 9.17) is 4.74 Å². The molecule has 1 N–H and O–H groups in total. The first-order chi connectivity index (χ1) is 14.7. The minimum absolute atomic E-state index is 0.458. The third-order valence-corrected chi connectivity index (χ3v) is 4.79. The van der Waals surface area contributed by atoms with E-state index in [1.165, 1.54) is 0 Å². The number of aromatic nitrogens is 4. The molecule has 2 heterocycles. The van der Waals surface area contributed by atoms with Crippen LogP contribution < -0.4 is 4.74 Å². The molecule has 0 saturated heterocycles. The van der Waals surface area contributed by atoms with Gasteiger partial charge in [0.1, 0.15) is 5.75 Å². The highest BCUT2D eigenvalue weighted by Crippen LogP contribution is 2.38. The van der Waals surface area contributed by atoms with Crippen molar-refractivity contribution >= 4 is 28.0 Å². The van der Waals surface area contributed by atoms with Crippen LogP contribution in [0.4, 0.5) is 0 Å². The monoisotopic (exact) mass is 396 g/mol. The molecule has 2 aromatic heterocycles. The molecular weight excluding hydrogens is 376 g/mol. The Balaban J connectivity index is 2.01. The quantitative estimate of drug-likeness (QED) is 0.287. The van der Waals surface area contributed by atoms with Crippen molar-refractivity contribution in [3.63, 3.8) is 0 Å². The van der Waals surface area contributed by atoms with Crippen LogP contribution in [0, 0.1) is 0 Å². The minimum Gasteiger partial charge on any atom is -0.423 e. The average molecular weight is 396 g/mol. The predicted molar refractivity (Wildman–Crippen MR) is 117 cm³/mol. The number of hydrogen-bond donors (Lipinski definition) is 1. The van der Waals surface area contributed by atoms with Gasteiger partial charge in [-0.05, 0) is 41.3 Å². The van der Waals surface area contributed by atoms with Crippen molar-refractivity contribution < 1.29 is 9.53 Å². The summed E-state index contributed by atoms with van der Waals surface area (Å²) >= 11 is 0. The molecule has 0 aliphatic heterocycles. The van der Waals surface area contributed by atoms with Gasteiger partial charge in [-0.3, -0.25) is 15.1 Å². The molecule has 0 fully saturated rings. The van der Waals surface area contributed by atoms with E-state index in [0.29, 0.717) is 12.2 Å². The van der Waals surface area contributed by atoms with E-state index >= 15 is 0 Å². The highest BCUT2D eigenvalue weighted by atomic mass is 16.5. The molecular formula is C24H20N4O2. The smallest absolute Gasteiger partial charge is 0.335 e. The molecule has 0 aliphatic rings. The number of fused-ring (bicyclic) bond motifs is 1. The van der Waals surface area contributed by atoms with E-state index in [2.05, 4.69) is 39.7 Å². The summed E-state index contributed by atoms with van der Waals surface area (Å²) in [7, 11) is 0. The zero-order valence-corrected chi connectivity index (χ0v) is 16.5. The lowest BCUT2D eigenvalue weighted by Gasteiger charge is -2.18. The first-order valence-corrected chi connectivity index (χ1v) is 9.58. The average Bonchev–Trinajstić information content (AvgIpc) is 3.26. The number of nitrogens with zero attached hydrogens (tertiary/aromatic N) is 3. The molecule has 30 heavy (non-hydrogen) atoms. The van der Waals surface area contributed by atoms with Gasteiger partial charge in [0.25, 0.3) is 0 Å². The van der Waals surface area contributed by atoms with E-state index in [-0.39, 0.29) is 0 Å². The van der Waals surface area contributed by atoms with E-state index in [0.717, 1.165) is 44.9 Å². The summed E-state index contributed by atoms with van der Waals surface area (Å²) < 4.78 is 5.55. The SMILES string of the molecule is C=CC(=O)Oc1ccccc1/C(=C(\CC)c1cnccn1)c1ccc2[nH]ncc2c1. The Labute approximate surface area is 174 Å². The van der Waals surface area contributed by atoms with Crippen LogP contribution in [0.5, 0.6) is 5.75 Å². The van der Waals surface area contributed by atoms with Crippen LogP contribution in [0.3, 0.4) is 0 Å². The molecule has 0 bridgehead atoms. The second-order valence-electron chi connectivity index (χ2n) is 6.59. The van der Waals surface area contributed by atoms with Gasteiger partial charge in [0.2, 0.25) is 0 Å². The summed E-state index contributed by atoms with van der Waals surface area (Å²) in [5, 5.41) is 8.08. The summed E-state index contributed by atoms with van der Waals surface area (Å²) in [6.07, 6.45) is 8.71. The molecule has 0 aliphatic carbocycles. The van der Waals surface area contributed by atoms with Crippen molar-refractivity contribution in [1.29, 1.82) is 0 Å². The first kappa shape index (κ1) is 19.3. The number of hydrogen-bond acceptors (Lipinski definition) is 5. The normalized spacial score (nSPS) is 11.8. The Morgan fingerprint density at radius 1 is 1.17 bits per heavy atom. The third kappa shape index (κ3) is 3.75. The van der Waals surface area contributed by atoms with Crippen LogP contribution in [0.15, 0.2) is 79.9 Å². The molecule has 6 nitrogen and oxygen atoms in total. The Kier molecular flexibility index (Phi) is 5.48. The van der Waals surface area contributed by atoms with Crippen molar-refractivity contribution in [3.8, 4) is 5.75 Å². The largest absolute Gasteiger partial charge is 0.423 e. The van der Waals surface area contributed by atoms with Crippen molar-refractivity contribution in [2.75, 3.05) is 0 Å². The van der Waals surface area contributed by atoms with Crippen LogP contribution in [0.2, 0.25) is 0 Å². The molecule has 4 aromatic rings. The third-order valence-electron chi connectivity index (χ3n) is 4.79. The lowest BCUT2D eigenvalue weighted by Crippen LogP contribution is -2.06. The van der Waals surface area contributed by atoms with Gasteiger partial charge in [0.15, 0.2) is 0 Å². The highest BCUT2D eigenvalue weighted by molar-refractivity contribution is 6.01. The number of aromatic amines is 1. The molecule has 0 unspecified atom stereocenters. The fraction of sp³-hybridized carbons (Fsp3) is 0.0833. The predicted octanol–water partition coefficient (Wildman–Crippen LogP) is 4.81. The van der Waals surface area contributed by atoms with Gasteiger partial charge >= 0.3 is 5.97 Å². The fourth-order valence-corrected chi connectivity index (χ4v) is 3.44. The van der Waals surface area contributed by atoms with Crippen molar-refractivity contribution in [2.24, 2.45) is 0 Å². The Hall–Kier alpha value is -4.06. The van der Waals surface area contributed by atoms with Crippen molar-refractivity contribution in [2.45, 2.75) is 13.3 Å². The number of rotatable bonds is 6. The van der Waals surface area contributed by atoms with Crippen molar-refractivity contribution in [1.82, 2.24) is 20.2 Å². The number of nitrogens with one attached hydrogen (secondary N) is 1. The van der Waals surface area contributed by atoms with Crippen LogP contribution in [-0.2, 0) is 4.79 Å². The van der Waals surface area contributed by atoms with Gasteiger partial charge in [0, 0.05) is 29.4 Å². The molecule has 148 valence electrons. The maximum Gasteiger partial charge on any atom is 0.335 e. The van der Waals surface area contributed by atoms with Crippen molar-refractivity contribution in [3.05, 3.63) is 96.7 Å². The summed E-state index contributed by atoms with van der Waals surface area (Å²) in [6, 6.07) is 13.5. The second kappa shape index (κ2) is 8.53. The number of allylic oxidation sites excluding steroid dienone is 1. The fourth-order valence-electron chi connectivity index (χ4n) is 3.44. The van der Waals surface area contributed by atoms with E-state index in [9.17, 15) is 4.79 Å². The summed E-state index contributed by atoms with van der Waals surface area (Å²) in [4.78, 5) is 20.7. The molecule has 2 aromatic carbocycles. The van der Waals surface area contributed by atoms with Crippen LogP contribution in [0.25, 0.3) is 22.0 Å². The van der Waals surface area contributed by atoms with Gasteiger partial charge in [-0.15, -0.1) is 0 Å². The number of para-hydroxylation sites is 1. The lowest BCUT2D eigenvalue weighted by atomic mass is 9.89. The molecule has 0 atom stereocenters. The maximum absolute atomic E-state index is 12.0. The molecule has 4 rings (SSSR count). The second-order valence-corrected chi connectivity index (χ2v) is 6.59. The maximum atomic E-state index is 12.0. The number of esters is 1. The Morgan fingerprint density at radius 2 is 2.03 bits per heavy atom. The van der Waals surface area contributed by atoms with Crippen LogP contribution in [0.1, 0.15) is 30.2 Å². The minimum atomic E-state index is -0.510. The van der Waals surface area contributed by atoms with Crippen LogP contribution in [-0.4, -0.2) is 26.1 Å². The summed E-state index contributed by atoms with van der Waals surface area (Å²) in [6.45, 7) is 5.57. The van der Waals surface area contributed by atoms with E-state index in [1.54, 1.807) is 30.9 Å².